The van der Waals surface area contributed by atoms with Crippen LogP contribution in [-0.4, -0.2) is 110 Å². The summed E-state index contributed by atoms with van der Waals surface area (Å²) in [7, 11) is 3.21. The molecule has 0 saturated carbocycles. The molecular formula is C49H75N3O11. The van der Waals surface area contributed by atoms with E-state index in [-0.39, 0.29) is 36.0 Å². The molecule has 2 aromatic rings. The Labute approximate surface area is 375 Å². The molecule has 4 rings (SSSR count). The molecule has 0 unspecified atom stereocenters. The first kappa shape index (κ1) is 50.9. The second kappa shape index (κ2) is 21.3. The topological polar surface area (TPSA) is 151 Å². The number of nitrogens with one attached hydrogen (secondary N) is 1. The third kappa shape index (κ3) is 17.1. The van der Waals surface area contributed by atoms with Crippen LogP contribution in [0, 0.1) is 23.7 Å². The van der Waals surface area contributed by atoms with Crippen molar-refractivity contribution in [1.29, 1.82) is 0 Å². The summed E-state index contributed by atoms with van der Waals surface area (Å²) in [5, 5.41) is 3.46. The van der Waals surface area contributed by atoms with Crippen LogP contribution in [0.2, 0.25) is 0 Å². The molecule has 2 amide bonds. The SMILES string of the molecule is COc1cc(CNCCOc2cc(C[C@H](C(=O)OC(C)(C)C)[C@H]3CCN(C(=O)OC(C)(C)C)C3)cc(OC)c2)cc(C[C@H](C(=O)OC(C)(C)C)[C@H]2CCN(C(=O)OC(C)(C)C)C2)c1. The molecule has 2 fully saturated rings. The van der Waals surface area contributed by atoms with Crippen LogP contribution < -0.4 is 19.5 Å². The van der Waals surface area contributed by atoms with Crippen molar-refractivity contribution in [3.8, 4) is 17.2 Å². The molecule has 0 aliphatic carbocycles. The fraction of sp³-hybridized carbons (Fsp3) is 0.673. The number of carbonyl (C=O) groups is 4. The average molecular weight is 882 g/mol. The van der Waals surface area contributed by atoms with E-state index in [1.165, 1.54) is 0 Å². The summed E-state index contributed by atoms with van der Waals surface area (Å²) < 4.78 is 40.6. The minimum atomic E-state index is -0.675. The van der Waals surface area contributed by atoms with Gasteiger partial charge in [0.25, 0.3) is 0 Å². The fourth-order valence-corrected chi connectivity index (χ4v) is 7.85. The number of rotatable bonds is 16. The van der Waals surface area contributed by atoms with Crippen LogP contribution in [0.25, 0.3) is 0 Å². The van der Waals surface area contributed by atoms with Crippen molar-refractivity contribution in [3.05, 3.63) is 53.1 Å². The molecular weight excluding hydrogens is 807 g/mol. The van der Waals surface area contributed by atoms with Crippen LogP contribution >= 0.6 is 0 Å². The van der Waals surface area contributed by atoms with E-state index >= 15 is 0 Å². The van der Waals surface area contributed by atoms with Crippen LogP contribution in [0.15, 0.2) is 36.4 Å². The van der Waals surface area contributed by atoms with Crippen molar-refractivity contribution in [2.75, 3.05) is 53.6 Å². The first-order valence-corrected chi connectivity index (χ1v) is 22.3. The van der Waals surface area contributed by atoms with E-state index < -0.39 is 34.2 Å². The van der Waals surface area contributed by atoms with Crippen LogP contribution in [0.5, 0.6) is 17.2 Å². The number of hydrogen-bond acceptors (Lipinski definition) is 12. The van der Waals surface area contributed by atoms with Crippen LogP contribution in [0.4, 0.5) is 9.59 Å². The summed E-state index contributed by atoms with van der Waals surface area (Å²) in [6.45, 7) is 25.4. The maximum atomic E-state index is 13.7. The summed E-state index contributed by atoms with van der Waals surface area (Å²) in [6, 6.07) is 11.6. The van der Waals surface area contributed by atoms with Gasteiger partial charge in [-0.2, -0.15) is 0 Å². The summed E-state index contributed by atoms with van der Waals surface area (Å²) in [4.78, 5) is 56.6. The zero-order valence-electron chi connectivity index (χ0n) is 40.4. The second-order valence-corrected chi connectivity index (χ2v) is 20.9. The van der Waals surface area contributed by atoms with Crippen molar-refractivity contribution in [1.82, 2.24) is 15.1 Å². The number of methoxy groups -OCH3 is 2. The number of hydrogen-bond donors (Lipinski definition) is 1. The van der Waals surface area contributed by atoms with E-state index in [2.05, 4.69) is 11.4 Å². The zero-order chi connectivity index (χ0) is 46.9. The van der Waals surface area contributed by atoms with Crippen molar-refractivity contribution >= 4 is 24.1 Å². The van der Waals surface area contributed by atoms with Gasteiger partial charge >= 0.3 is 24.1 Å². The first-order chi connectivity index (χ1) is 29.2. The smallest absolute Gasteiger partial charge is 0.410 e. The minimum absolute atomic E-state index is 0.102. The molecule has 14 nitrogen and oxygen atoms in total. The monoisotopic (exact) mass is 882 g/mol. The van der Waals surface area contributed by atoms with Crippen molar-refractivity contribution in [3.63, 3.8) is 0 Å². The van der Waals surface area contributed by atoms with E-state index in [0.717, 1.165) is 16.7 Å². The number of benzene rings is 2. The number of esters is 2. The van der Waals surface area contributed by atoms with Gasteiger partial charge in [0.15, 0.2) is 0 Å². The maximum absolute atomic E-state index is 13.7. The molecule has 352 valence electrons. The normalized spacial score (nSPS) is 18.1. The molecule has 14 heteroatoms. The molecule has 0 spiro atoms. The predicted octanol–water partition coefficient (Wildman–Crippen LogP) is 8.39. The molecule has 0 aromatic heterocycles. The third-order valence-corrected chi connectivity index (χ3v) is 10.5. The number of nitrogens with zero attached hydrogens (tertiary/aromatic N) is 2. The molecule has 2 heterocycles. The lowest BCUT2D eigenvalue weighted by molar-refractivity contribution is -0.163. The predicted molar refractivity (Wildman–Crippen MR) is 241 cm³/mol. The van der Waals surface area contributed by atoms with Gasteiger partial charge in [-0.05, 0) is 162 Å². The van der Waals surface area contributed by atoms with E-state index in [1.54, 1.807) is 24.0 Å². The van der Waals surface area contributed by atoms with Gasteiger partial charge in [-0.3, -0.25) is 9.59 Å². The number of likely N-dealkylation sites (tertiary alicyclic amines) is 2. The maximum Gasteiger partial charge on any atom is 0.410 e. The Morgan fingerprint density at radius 3 is 1.40 bits per heavy atom. The fourth-order valence-electron chi connectivity index (χ4n) is 7.85. The highest BCUT2D eigenvalue weighted by atomic mass is 16.6. The number of ether oxygens (including phenoxy) is 7. The van der Waals surface area contributed by atoms with E-state index in [4.69, 9.17) is 33.2 Å². The molecule has 4 atom stereocenters. The Balaban J connectivity index is 1.42. The minimum Gasteiger partial charge on any atom is -0.497 e. The van der Waals surface area contributed by atoms with Crippen LogP contribution in [-0.2, 0) is 47.9 Å². The Hall–Kier alpha value is -4.72. The Morgan fingerprint density at radius 1 is 0.571 bits per heavy atom. The van der Waals surface area contributed by atoms with Gasteiger partial charge < -0.3 is 48.3 Å². The van der Waals surface area contributed by atoms with E-state index in [0.29, 0.717) is 88.8 Å². The van der Waals surface area contributed by atoms with Crippen molar-refractivity contribution < 1.29 is 52.3 Å². The average Bonchev–Trinajstić information content (AvgIpc) is 3.84. The molecule has 0 bridgehead atoms. The van der Waals surface area contributed by atoms with Gasteiger partial charge in [0, 0.05) is 45.3 Å². The Kier molecular flexibility index (Phi) is 17.2. The van der Waals surface area contributed by atoms with Gasteiger partial charge in [-0.15, -0.1) is 0 Å². The molecule has 2 aliphatic heterocycles. The summed E-state index contributed by atoms with van der Waals surface area (Å²) >= 11 is 0. The second-order valence-electron chi connectivity index (χ2n) is 20.9. The lowest BCUT2D eigenvalue weighted by atomic mass is 9.85. The summed E-state index contributed by atoms with van der Waals surface area (Å²) in [5.41, 5.74) is 0.184. The highest BCUT2D eigenvalue weighted by Crippen LogP contribution is 2.34. The zero-order valence-corrected chi connectivity index (χ0v) is 40.4. The van der Waals surface area contributed by atoms with Gasteiger partial charge in [0.05, 0.1) is 26.1 Å². The molecule has 63 heavy (non-hydrogen) atoms. The lowest BCUT2D eigenvalue weighted by Gasteiger charge is -2.28. The molecule has 2 aliphatic rings. The van der Waals surface area contributed by atoms with E-state index in [1.807, 2.05) is 113 Å². The standard InChI is InChI=1S/C49H75N3O11/c1-46(2,3)60-42(53)40(35-15-18-51(30-35)44(55)62-48(7,8)9)26-32-21-34(25-37(22-32)57-13)29-50-17-20-59-39-24-33(23-38(28-39)58-14)27-41(43(54)61-47(4,5)6)36-16-19-52(31-36)45(56)63-49(10,11)12/h21-25,28,35-36,40-41,50H,15-20,26-27,29-31H2,1-14H3/t35-,36-,40-,41-/m0/s1. The van der Waals surface area contributed by atoms with E-state index in [9.17, 15) is 19.2 Å². The quantitative estimate of drug-likeness (QED) is 0.0980. The lowest BCUT2D eigenvalue weighted by Crippen LogP contribution is -2.38. The van der Waals surface area contributed by atoms with Crippen LogP contribution in [0.1, 0.15) is 113 Å². The highest BCUT2D eigenvalue weighted by molar-refractivity contribution is 5.75. The van der Waals surface area contributed by atoms with Crippen LogP contribution in [0.3, 0.4) is 0 Å². The van der Waals surface area contributed by atoms with Gasteiger partial charge in [0.2, 0.25) is 0 Å². The third-order valence-electron chi connectivity index (χ3n) is 10.5. The van der Waals surface area contributed by atoms with Gasteiger partial charge in [0.1, 0.15) is 46.3 Å². The highest BCUT2D eigenvalue weighted by Gasteiger charge is 2.41. The molecule has 0 radical (unpaired) electrons. The van der Waals surface area contributed by atoms with Crippen molar-refractivity contribution in [2.24, 2.45) is 23.7 Å². The number of carbonyl (C=O) groups excluding carboxylic acids is 4. The van der Waals surface area contributed by atoms with Gasteiger partial charge in [-0.1, -0.05) is 6.07 Å². The van der Waals surface area contributed by atoms with Crippen molar-refractivity contribution in [2.45, 2.75) is 138 Å². The van der Waals surface area contributed by atoms with Gasteiger partial charge in [-0.25, -0.2) is 9.59 Å². The summed E-state index contributed by atoms with van der Waals surface area (Å²) in [6.07, 6.45) is 1.35. The first-order valence-electron chi connectivity index (χ1n) is 22.3. The molecule has 2 aromatic carbocycles. The molecule has 1 N–H and O–H groups in total. The number of amides is 2. The Bertz CT molecular complexity index is 1740. The Morgan fingerprint density at radius 2 is 0.968 bits per heavy atom. The largest absolute Gasteiger partial charge is 0.497 e. The summed E-state index contributed by atoms with van der Waals surface area (Å²) in [5.74, 6) is 0.0771. The molecule has 2 saturated heterocycles.